The molecule has 218 valence electrons. The van der Waals surface area contributed by atoms with Crippen molar-refractivity contribution in [3.05, 3.63) is 169 Å². The van der Waals surface area contributed by atoms with Crippen molar-refractivity contribution in [2.45, 2.75) is 19.4 Å². The zero-order valence-electron chi connectivity index (χ0n) is 25.8. The summed E-state index contributed by atoms with van der Waals surface area (Å²) in [6.45, 7) is 2.18. The van der Waals surface area contributed by atoms with Crippen molar-refractivity contribution in [3.63, 3.8) is 0 Å². The highest BCUT2D eigenvalue weighted by molar-refractivity contribution is 6.22. The Morgan fingerprint density at radius 3 is 1.83 bits per heavy atom. The fraction of sp³-hybridized carbons (Fsp3) is 0.0889. The lowest BCUT2D eigenvalue weighted by atomic mass is 9.83. The van der Waals surface area contributed by atoms with Crippen LogP contribution in [-0.2, 0) is 6.42 Å². The molecule has 0 aromatic heterocycles. The third-order valence-electron chi connectivity index (χ3n) is 9.99. The minimum Gasteiger partial charge on any atom is -0.281 e. The molecule has 1 heterocycles. The Bertz CT molecular complexity index is 2360. The highest BCUT2D eigenvalue weighted by Crippen LogP contribution is 2.45. The van der Waals surface area contributed by atoms with Gasteiger partial charge in [0.15, 0.2) is 0 Å². The number of benzene rings is 7. The van der Waals surface area contributed by atoms with E-state index >= 15 is 0 Å². The van der Waals surface area contributed by atoms with Gasteiger partial charge in [-0.25, -0.2) is 0 Å². The van der Waals surface area contributed by atoms with Crippen molar-refractivity contribution < 1.29 is 0 Å². The summed E-state index contributed by atoms with van der Waals surface area (Å²) in [5.74, 6) is 0.352. The molecule has 7 aromatic carbocycles. The molecule has 1 nitrogen and oxygen atoms in total. The quantitative estimate of drug-likeness (QED) is 0.178. The Morgan fingerprint density at radius 2 is 1.09 bits per heavy atom. The highest BCUT2D eigenvalue weighted by atomic mass is 14.8. The number of rotatable bonds is 2. The third kappa shape index (κ3) is 4.35. The first-order valence-corrected chi connectivity index (χ1v) is 16.3. The second-order valence-corrected chi connectivity index (χ2v) is 12.7. The maximum Gasteiger partial charge on any atom is 0.0752 e. The molecular weight excluding hydrogens is 555 g/mol. The molecule has 0 fully saturated rings. The van der Waals surface area contributed by atoms with Crippen LogP contribution in [0.1, 0.15) is 18.1 Å². The lowest BCUT2D eigenvalue weighted by molar-refractivity contribution is 0.571. The topological polar surface area (TPSA) is 12.4 Å². The molecule has 0 amide bonds. The van der Waals surface area contributed by atoms with E-state index in [0.717, 1.165) is 12.1 Å². The molecule has 9 rings (SSSR count). The number of nitrogens with zero attached hydrogens (tertiary/aromatic N) is 1. The SMILES string of the molecule is C/C1=N\C2C=CC=C[C@H]2Cc2ccccc2-c2cc(-c3c4ccccc4c(-c4ccc5ccccc5c4)c4ccccc34)ccc21. The fourth-order valence-corrected chi connectivity index (χ4v) is 7.81. The number of hydrogen-bond donors (Lipinski definition) is 0. The largest absolute Gasteiger partial charge is 0.281 e. The van der Waals surface area contributed by atoms with Crippen LogP contribution in [0, 0.1) is 5.92 Å². The molecule has 0 spiro atoms. The van der Waals surface area contributed by atoms with Crippen LogP contribution in [-0.4, -0.2) is 11.8 Å². The predicted molar refractivity (Wildman–Crippen MR) is 197 cm³/mol. The lowest BCUT2D eigenvalue weighted by Gasteiger charge is -2.21. The van der Waals surface area contributed by atoms with E-state index in [1.54, 1.807) is 0 Å². The molecule has 0 radical (unpaired) electrons. The van der Waals surface area contributed by atoms with Crippen LogP contribution in [0.25, 0.3) is 65.7 Å². The van der Waals surface area contributed by atoms with E-state index in [0.29, 0.717) is 5.92 Å². The van der Waals surface area contributed by atoms with Crippen LogP contribution in [0.5, 0.6) is 0 Å². The molecule has 46 heavy (non-hydrogen) atoms. The molecule has 2 aliphatic rings. The summed E-state index contributed by atoms with van der Waals surface area (Å²) in [6.07, 6.45) is 9.87. The average molecular weight is 588 g/mol. The minimum absolute atomic E-state index is 0.152. The van der Waals surface area contributed by atoms with Crippen LogP contribution < -0.4 is 0 Å². The van der Waals surface area contributed by atoms with E-state index in [2.05, 4.69) is 165 Å². The van der Waals surface area contributed by atoms with Gasteiger partial charge in [0.05, 0.1) is 6.04 Å². The predicted octanol–water partition coefficient (Wildman–Crippen LogP) is 11.6. The molecule has 1 aliphatic carbocycles. The molecule has 2 atom stereocenters. The van der Waals surface area contributed by atoms with Gasteiger partial charge >= 0.3 is 0 Å². The summed E-state index contributed by atoms with van der Waals surface area (Å²) >= 11 is 0. The normalized spacial score (nSPS) is 18.2. The Labute approximate surface area is 269 Å². The van der Waals surface area contributed by atoms with Gasteiger partial charge < -0.3 is 0 Å². The summed E-state index contributed by atoms with van der Waals surface area (Å²) in [6, 6.07) is 49.6. The number of fused-ring (bicyclic) bond motifs is 7. The second-order valence-electron chi connectivity index (χ2n) is 12.7. The molecular formula is C45H33N. The van der Waals surface area contributed by atoms with Crippen molar-refractivity contribution in [3.8, 4) is 33.4 Å². The molecule has 0 saturated heterocycles. The molecule has 0 saturated carbocycles. The molecule has 0 bridgehead atoms. The van der Waals surface area contributed by atoms with Crippen LogP contribution in [0.3, 0.4) is 0 Å². The maximum absolute atomic E-state index is 5.29. The van der Waals surface area contributed by atoms with Crippen molar-refractivity contribution >= 4 is 38.0 Å². The first-order valence-electron chi connectivity index (χ1n) is 16.3. The van der Waals surface area contributed by atoms with Crippen LogP contribution >= 0.6 is 0 Å². The zero-order valence-corrected chi connectivity index (χ0v) is 25.8. The lowest BCUT2D eigenvalue weighted by Crippen LogP contribution is -2.20. The van der Waals surface area contributed by atoms with E-state index in [4.69, 9.17) is 4.99 Å². The summed E-state index contributed by atoms with van der Waals surface area (Å²) < 4.78 is 0. The van der Waals surface area contributed by atoms with Gasteiger partial charge in [-0.2, -0.15) is 0 Å². The van der Waals surface area contributed by atoms with Gasteiger partial charge in [0.1, 0.15) is 0 Å². The summed E-state index contributed by atoms with van der Waals surface area (Å²) in [4.78, 5) is 5.29. The molecule has 0 N–H and O–H groups in total. The summed E-state index contributed by atoms with van der Waals surface area (Å²) in [5, 5.41) is 7.61. The highest BCUT2D eigenvalue weighted by Gasteiger charge is 2.25. The van der Waals surface area contributed by atoms with E-state index in [9.17, 15) is 0 Å². The Balaban J connectivity index is 1.32. The standard InChI is InChI=1S/C45H33N/c1-29-36-25-24-35(28-42(36)37-16-6-4-14-32(37)27-33-15-5-11-21-43(33)46-29)45-40-19-9-7-17-38(40)44(39-18-8-10-20-41(39)45)34-23-22-30-12-2-3-13-31(30)26-34/h2-26,28,33,43H,27H2,1H3/b46-29+/t33-,43?/m0/s1. The number of aliphatic imine (C=N–C) groups is 1. The zero-order chi connectivity index (χ0) is 30.6. The van der Waals surface area contributed by atoms with Gasteiger partial charge in [0.2, 0.25) is 0 Å². The Morgan fingerprint density at radius 1 is 0.500 bits per heavy atom. The molecule has 1 heteroatoms. The van der Waals surface area contributed by atoms with Crippen molar-refractivity contribution in [2.24, 2.45) is 10.9 Å². The van der Waals surface area contributed by atoms with E-state index in [-0.39, 0.29) is 6.04 Å². The van der Waals surface area contributed by atoms with Crippen molar-refractivity contribution in [1.29, 1.82) is 0 Å². The average Bonchev–Trinajstić information content (AvgIpc) is 3.15. The first-order chi connectivity index (χ1) is 22.7. The maximum atomic E-state index is 5.29. The third-order valence-corrected chi connectivity index (χ3v) is 9.99. The minimum atomic E-state index is 0.152. The van der Waals surface area contributed by atoms with Gasteiger partial charge in [-0.1, -0.05) is 146 Å². The molecule has 1 unspecified atom stereocenters. The second kappa shape index (κ2) is 10.8. The van der Waals surface area contributed by atoms with Crippen LogP contribution in [0.2, 0.25) is 0 Å². The van der Waals surface area contributed by atoms with Crippen LogP contribution in [0.15, 0.2) is 163 Å². The van der Waals surface area contributed by atoms with Gasteiger partial charge in [-0.05, 0) is 96.7 Å². The van der Waals surface area contributed by atoms with Crippen molar-refractivity contribution in [2.75, 3.05) is 0 Å². The van der Waals surface area contributed by atoms with E-state index in [1.165, 1.54) is 76.8 Å². The number of hydrogen-bond acceptors (Lipinski definition) is 1. The number of allylic oxidation sites excluding steroid dienone is 2. The van der Waals surface area contributed by atoms with Gasteiger partial charge in [-0.3, -0.25) is 4.99 Å². The monoisotopic (exact) mass is 587 g/mol. The van der Waals surface area contributed by atoms with Crippen LogP contribution in [0.4, 0.5) is 0 Å². The smallest absolute Gasteiger partial charge is 0.0752 e. The summed E-state index contributed by atoms with van der Waals surface area (Å²) in [7, 11) is 0. The Kier molecular flexibility index (Phi) is 6.31. The summed E-state index contributed by atoms with van der Waals surface area (Å²) in [5.41, 5.74) is 11.3. The molecule has 1 aliphatic heterocycles. The van der Waals surface area contributed by atoms with E-state index < -0.39 is 0 Å². The fourth-order valence-electron chi connectivity index (χ4n) is 7.81. The molecule has 7 aromatic rings. The van der Waals surface area contributed by atoms with Gasteiger partial charge in [-0.15, -0.1) is 0 Å². The first kappa shape index (κ1) is 26.8. The van der Waals surface area contributed by atoms with Crippen molar-refractivity contribution in [1.82, 2.24) is 0 Å². The van der Waals surface area contributed by atoms with E-state index in [1.807, 2.05) is 0 Å². The van der Waals surface area contributed by atoms with Gasteiger partial charge in [0, 0.05) is 17.2 Å². The Hall–Kier alpha value is -5.53. The van der Waals surface area contributed by atoms with Gasteiger partial charge in [0.25, 0.3) is 0 Å².